The van der Waals surface area contributed by atoms with Gasteiger partial charge in [-0.1, -0.05) is 12.1 Å². The fourth-order valence-electron chi connectivity index (χ4n) is 2.99. The fraction of sp³-hybridized carbons (Fsp3) is 0.529. The largest absolute Gasteiger partial charge is 0.467 e. The molecule has 2 heterocycles. The average Bonchev–Trinajstić information content (AvgIpc) is 2.95. The van der Waals surface area contributed by atoms with Crippen LogP contribution in [0.4, 0.5) is 0 Å². The Bertz CT molecular complexity index is 654. The van der Waals surface area contributed by atoms with E-state index in [4.69, 9.17) is 14.5 Å². The average molecular weight is 334 g/mol. The number of fused-ring (bicyclic) bond motifs is 1. The second-order valence-electron chi connectivity index (χ2n) is 6.04. The molecule has 124 valence electrons. The van der Waals surface area contributed by atoms with Crippen molar-refractivity contribution in [1.82, 2.24) is 9.88 Å². The molecule has 0 aliphatic carbocycles. The molecule has 1 aliphatic heterocycles. The van der Waals surface area contributed by atoms with Gasteiger partial charge in [0.1, 0.15) is 0 Å². The van der Waals surface area contributed by atoms with Gasteiger partial charge in [0, 0.05) is 25.6 Å². The number of rotatable bonds is 4. The minimum atomic E-state index is -0.499. The number of esters is 1. The van der Waals surface area contributed by atoms with E-state index >= 15 is 0 Å². The predicted molar refractivity (Wildman–Crippen MR) is 90.7 cm³/mol. The number of aromatic nitrogens is 1. The molecule has 1 fully saturated rings. The number of para-hydroxylation sites is 1. The molecule has 2 unspecified atom stereocenters. The van der Waals surface area contributed by atoms with Crippen LogP contribution < -0.4 is 0 Å². The van der Waals surface area contributed by atoms with E-state index in [9.17, 15) is 4.79 Å². The third kappa shape index (κ3) is 3.71. The number of carbonyl (C=O) groups excluding carboxylic acids is 1. The van der Waals surface area contributed by atoms with Crippen LogP contribution in [0.25, 0.3) is 10.2 Å². The highest BCUT2D eigenvalue weighted by molar-refractivity contribution is 7.18. The summed E-state index contributed by atoms with van der Waals surface area (Å²) in [5, 5.41) is 1.13. The molecule has 0 bridgehead atoms. The second-order valence-corrected chi connectivity index (χ2v) is 7.16. The molecule has 1 aliphatic rings. The number of hydrogen-bond donors (Lipinski definition) is 0. The zero-order valence-corrected chi connectivity index (χ0v) is 14.5. The number of ether oxygens (including phenoxy) is 2. The van der Waals surface area contributed by atoms with Gasteiger partial charge in [-0.3, -0.25) is 4.90 Å². The van der Waals surface area contributed by atoms with Crippen molar-refractivity contribution in [3.05, 3.63) is 29.3 Å². The van der Waals surface area contributed by atoms with Gasteiger partial charge in [-0.25, -0.2) is 9.78 Å². The van der Waals surface area contributed by atoms with Gasteiger partial charge in [-0.15, -0.1) is 11.3 Å². The molecule has 1 aromatic carbocycles. The monoisotopic (exact) mass is 334 g/mol. The summed E-state index contributed by atoms with van der Waals surface area (Å²) >= 11 is 1.74. The van der Waals surface area contributed by atoms with Crippen LogP contribution >= 0.6 is 11.3 Å². The minimum Gasteiger partial charge on any atom is -0.467 e. The lowest BCUT2D eigenvalue weighted by molar-refractivity contribution is -0.167. The molecule has 2 aromatic rings. The van der Waals surface area contributed by atoms with Crippen molar-refractivity contribution in [2.24, 2.45) is 0 Å². The Kier molecular flexibility index (Phi) is 4.94. The molecule has 23 heavy (non-hydrogen) atoms. The van der Waals surface area contributed by atoms with Crippen molar-refractivity contribution in [3.8, 4) is 0 Å². The third-order valence-electron chi connectivity index (χ3n) is 4.18. The van der Waals surface area contributed by atoms with E-state index in [0.717, 1.165) is 23.5 Å². The van der Waals surface area contributed by atoms with Crippen LogP contribution in [-0.4, -0.2) is 54.3 Å². The molecule has 0 saturated carbocycles. The van der Waals surface area contributed by atoms with Crippen LogP contribution in [0.5, 0.6) is 0 Å². The topological polar surface area (TPSA) is 51.7 Å². The highest BCUT2D eigenvalue weighted by Gasteiger charge is 2.33. The van der Waals surface area contributed by atoms with Gasteiger partial charge in [-0.05, 0) is 26.0 Å². The van der Waals surface area contributed by atoms with Crippen LogP contribution in [0.3, 0.4) is 0 Å². The summed E-state index contributed by atoms with van der Waals surface area (Å²) in [6.45, 7) is 5.56. The van der Waals surface area contributed by atoms with Crippen molar-refractivity contribution in [2.75, 3.05) is 20.2 Å². The van der Waals surface area contributed by atoms with Crippen molar-refractivity contribution >= 4 is 27.5 Å². The molecule has 0 amide bonds. The number of hydrogen-bond acceptors (Lipinski definition) is 6. The van der Waals surface area contributed by atoms with Gasteiger partial charge in [0.2, 0.25) is 0 Å². The molecule has 0 radical (unpaired) electrons. The van der Waals surface area contributed by atoms with Crippen LogP contribution in [0.2, 0.25) is 0 Å². The number of morpholine rings is 1. The summed E-state index contributed by atoms with van der Waals surface area (Å²) in [5.74, 6) is -0.297. The Labute approximate surface area is 140 Å². The maximum Gasteiger partial charge on any atom is 0.336 e. The Balaban J connectivity index is 1.69. The molecule has 3 rings (SSSR count). The maximum absolute atomic E-state index is 11.8. The number of benzene rings is 1. The Hall–Kier alpha value is -1.50. The Morgan fingerprint density at radius 3 is 3.00 bits per heavy atom. The van der Waals surface area contributed by atoms with Crippen LogP contribution in [-0.2, 0) is 20.7 Å². The summed E-state index contributed by atoms with van der Waals surface area (Å²) in [4.78, 5) is 18.8. The van der Waals surface area contributed by atoms with E-state index < -0.39 is 6.10 Å². The first-order valence-electron chi connectivity index (χ1n) is 7.88. The van der Waals surface area contributed by atoms with Gasteiger partial charge in [0.25, 0.3) is 0 Å². The molecular formula is C17H22N2O3S. The highest BCUT2D eigenvalue weighted by atomic mass is 32.1. The first kappa shape index (κ1) is 16.4. The lowest BCUT2D eigenvalue weighted by Crippen LogP contribution is -2.53. The molecule has 5 nitrogen and oxygen atoms in total. The maximum atomic E-state index is 11.8. The SMILES string of the molecule is COC(=O)C1CN(C(C)Cc2nc3ccccc3s2)C[C@@H](C)O1. The summed E-state index contributed by atoms with van der Waals surface area (Å²) in [6.07, 6.45) is 0.396. The number of methoxy groups -OCH3 is 1. The fourth-order valence-corrected chi connectivity index (χ4v) is 4.08. The highest BCUT2D eigenvalue weighted by Crippen LogP contribution is 2.24. The van der Waals surface area contributed by atoms with Gasteiger partial charge < -0.3 is 9.47 Å². The van der Waals surface area contributed by atoms with E-state index in [-0.39, 0.29) is 12.1 Å². The van der Waals surface area contributed by atoms with Gasteiger partial charge >= 0.3 is 5.97 Å². The zero-order valence-electron chi connectivity index (χ0n) is 13.7. The normalized spacial score (nSPS) is 23.8. The van der Waals surface area contributed by atoms with E-state index in [1.54, 1.807) is 11.3 Å². The number of thiazole rings is 1. The van der Waals surface area contributed by atoms with Crippen molar-refractivity contribution in [3.63, 3.8) is 0 Å². The van der Waals surface area contributed by atoms with Gasteiger partial charge in [0.05, 0.1) is 28.4 Å². The summed E-state index contributed by atoms with van der Waals surface area (Å²) in [6, 6.07) is 8.50. The predicted octanol–water partition coefficient (Wildman–Crippen LogP) is 2.49. The zero-order chi connectivity index (χ0) is 16.4. The van der Waals surface area contributed by atoms with E-state index in [0.29, 0.717) is 12.6 Å². The first-order valence-corrected chi connectivity index (χ1v) is 8.70. The molecule has 1 aromatic heterocycles. The molecule has 0 N–H and O–H groups in total. The molecule has 6 heteroatoms. The number of carbonyl (C=O) groups is 1. The van der Waals surface area contributed by atoms with Crippen molar-refractivity contribution < 1.29 is 14.3 Å². The van der Waals surface area contributed by atoms with Crippen molar-refractivity contribution in [1.29, 1.82) is 0 Å². The molecular weight excluding hydrogens is 312 g/mol. The third-order valence-corrected chi connectivity index (χ3v) is 5.24. The molecule has 3 atom stereocenters. The molecule has 0 spiro atoms. The number of nitrogens with zero attached hydrogens (tertiary/aromatic N) is 2. The van der Waals surface area contributed by atoms with E-state index in [2.05, 4.69) is 17.9 Å². The van der Waals surface area contributed by atoms with E-state index in [1.165, 1.54) is 11.8 Å². The molecule has 1 saturated heterocycles. The van der Waals surface area contributed by atoms with E-state index in [1.807, 2.05) is 25.1 Å². The lowest BCUT2D eigenvalue weighted by Gasteiger charge is -2.38. The smallest absolute Gasteiger partial charge is 0.336 e. The summed E-state index contributed by atoms with van der Waals surface area (Å²) in [5.41, 5.74) is 1.06. The van der Waals surface area contributed by atoms with Crippen molar-refractivity contribution in [2.45, 2.75) is 38.5 Å². The van der Waals surface area contributed by atoms with Gasteiger partial charge in [0.15, 0.2) is 6.10 Å². The quantitative estimate of drug-likeness (QED) is 0.804. The second kappa shape index (κ2) is 6.95. The van der Waals surface area contributed by atoms with Crippen LogP contribution in [0.15, 0.2) is 24.3 Å². The summed E-state index contributed by atoms with van der Waals surface area (Å²) < 4.78 is 11.7. The minimum absolute atomic E-state index is 0.0191. The first-order chi connectivity index (χ1) is 11.1. The van der Waals surface area contributed by atoms with Crippen LogP contribution in [0, 0.1) is 0 Å². The standard InChI is InChI=1S/C17H22N2O3S/c1-11(8-16-18-13-6-4-5-7-15(13)23-16)19-9-12(2)22-14(10-19)17(20)21-3/h4-7,11-12,14H,8-10H2,1-3H3/t11?,12-,14?/m1/s1. The van der Waals surface area contributed by atoms with Crippen LogP contribution in [0.1, 0.15) is 18.9 Å². The Morgan fingerprint density at radius 1 is 1.48 bits per heavy atom. The Morgan fingerprint density at radius 2 is 2.26 bits per heavy atom. The lowest BCUT2D eigenvalue weighted by atomic mass is 10.1. The summed E-state index contributed by atoms with van der Waals surface area (Å²) in [7, 11) is 1.40. The van der Waals surface area contributed by atoms with Gasteiger partial charge in [-0.2, -0.15) is 0 Å².